The molecule has 4 nitrogen and oxygen atoms in total. The monoisotopic (exact) mass is 389 g/mol. The van der Waals surface area contributed by atoms with Crippen molar-refractivity contribution in [3.8, 4) is 0 Å². The van der Waals surface area contributed by atoms with Crippen LogP contribution in [0.15, 0.2) is 59.7 Å². The third-order valence-corrected chi connectivity index (χ3v) is 5.47. The van der Waals surface area contributed by atoms with Gasteiger partial charge in [0.25, 0.3) is 6.02 Å². The Balaban J connectivity index is 1.55. The SMILES string of the molecule is Clc1ccc(COC2=NC=CCN2c2nc3ccccc3s2)cc1Cl. The third kappa shape index (κ3) is 3.49. The number of hydrogen-bond donors (Lipinski definition) is 0. The first-order valence-corrected chi connectivity index (χ1v) is 9.20. The van der Waals surface area contributed by atoms with Crippen molar-refractivity contribution in [3.05, 3.63) is 70.3 Å². The van der Waals surface area contributed by atoms with Crippen molar-refractivity contribution in [1.82, 2.24) is 4.98 Å². The van der Waals surface area contributed by atoms with Crippen molar-refractivity contribution >= 4 is 55.9 Å². The maximum Gasteiger partial charge on any atom is 0.299 e. The molecule has 0 unspecified atom stereocenters. The molecule has 2 heterocycles. The van der Waals surface area contributed by atoms with Crippen LogP contribution in [0.2, 0.25) is 10.0 Å². The van der Waals surface area contributed by atoms with Crippen molar-refractivity contribution in [1.29, 1.82) is 0 Å². The van der Waals surface area contributed by atoms with Crippen LogP contribution in [0.3, 0.4) is 0 Å². The number of benzene rings is 2. The highest BCUT2D eigenvalue weighted by molar-refractivity contribution is 7.22. The van der Waals surface area contributed by atoms with E-state index in [1.807, 2.05) is 35.2 Å². The second-order valence-corrected chi connectivity index (χ2v) is 7.23. The van der Waals surface area contributed by atoms with Crippen LogP contribution in [0.25, 0.3) is 10.2 Å². The molecule has 0 radical (unpaired) electrons. The van der Waals surface area contributed by atoms with E-state index < -0.39 is 0 Å². The second-order valence-electron chi connectivity index (χ2n) is 5.41. The molecule has 3 aromatic rings. The van der Waals surface area contributed by atoms with E-state index in [4.69, 9.17) is 27.9 Å². The molecule has 1 aliphatic rings. The van der Waals surface area contributed by atoms with Crippen molar-refractivity contribution in [3.63, 3.8) is 0 Å². The molecule has 25 heavy (non-hydrogen) atoms. The van der Waals surface area contributed by atoms with Gasteiger partial charge in [0.2, 0.25) is 0 Å². The Hall–Kier alpha value is -2.08. The van der Waals surface area contributed by atoms with E-state index in [-0.39, 0.29) is 0 Å². The van der Waals surface area contributed by atoms with Gasteiger partial charge in [-0.3, -0.25) is 4.90 Å². The first-order chi connectivity index (χ1) is 12.2. The van der Waals surface area contributed by atoms with Crippen LogP contribution >= 0.6 is 34.5 Å². The zero-order chi connectivity index (χ0) is 17.2. The fourth-order valence-corrected chi connectivity index (χ4v) is 3.73. The highest BCUT2D eigenvalue weighted by Gasteiger charge is 2.20. The van der Waals surface area contributed by atoms with Crippen molar-refractivity contribution < 1.29 is 4.74 Å². The van der Waals surface area contributed by atoms with Crippen LogP contribution in [-0.4, -0.2) is 17.6 Å². The molecule has 0 spiro atoms. The number of para-hydroxylation sites is 1. The smallest absolute Gasteiger partial charge is 0.299 e. The average molecular weight is 390 g/mol. The zero-order valence-corrected chi connectivity index (χ0v) is 15.4. The summed E-state index contributed by atoms with van der Waals surface area (Å²) in [5, 5.41) is 1.90. The number of aliphatic imine (C=N–C) groups is 1. The summed E-state index contributed by atoms with van der Waals surface area (Å²) < 4.78 is 7.05. The second kappa shape index (κ2) is 7.04. The summed E-state index contributed by atoms with van der Waals surface area (Å²) in [7, 11) is 0. The number of amidine groups is 1. The molecule has 1 aliphatic heterocycles. The Morgan fingerprint density at radius 2 is 2.00 bits per heavy atom. The van der Waals surface area contributed by atoms with E-state index in [1.54, 1.807) is 29.7 Å². The van der Waals surface area contributed by atoms with Gasteiger partial charge in [0, 0.05) is 12.7 Å². The van der Waals surface area contributed by atoms with Crippen molar-refractivity contribution in [2.45, 2.75) is 6.61 Å². The number of nitrogens with zero attached hydrogens (tertiary/aromatic N) is 3. The molecule has 4 rings (SSSR count). The number of fused-ring (bicyclic) bond motifs is 1. The van der Waals surface area contributed by atoms with Crippen molar-refractivity contribution in [2.24, 2.45) is 4.99 Å². The molecule has 126 valence electrons. The number of aromatic nitrogens is 1. The van der Waals surface area contributed by atoms with Gasteiger partial charge in [-0.15, -0.1) is 0 Å². The van der Waals surface area contributed by atoms with Gasteiger partial charge in [0.05, 0.1) is 20.3 Å². The fourth-order valence-electron chi connectivity index (χ4n) is 2.44. The lowest BCUT2D eigenvalue weighted by atomic mass is 10.2. The van der Waals surface area contributed by atoms with Gasteiger partial charge in [-0.25, -0.2) is 9.98 Å². The topological polar surface area (TPSA) is 37.7 Å². The van der Waals surface area contributed by atoms with Crippen LogP contribution in [0.5, 0.6) is 0 Å². The van der Waals surface area contributed by atoms with E-state index in [0.717, 1.165) is 20.9 Å². The molecule has 0 amide bonds. The van der Waals surface area contributed by atoms with Gasteiger partial charge in [0.1, 0.15) is 6.61 Å². The van der Waals surface area contributed by atoms with Gasteiger partial charge in [-0.05, 0) is 35.9 Å². The van der Waals surface area contributed by atoms with Crippen LogP contribution < -0.4 is 4.90 Å². The lowest BCUT2D eigenvalue weighted by molar-refractivity contribution is 0.284. The Morgan fingerprint density at radius 3 is 2.84 bits per heavy atom. The zero-order valence-electron chi connectivity index (χ0n) is 13.0. The summed E-state index contributed by atoms with van der Waals surface area (Å²) in [6.45, 7) is 1.02. The van der Waals surface area contributed by atoms with Gasteiger partial charge in [0.15, 0.2) is 5.13 Å². The predicted octanol–water partition coefficient (Wildman–Crippen LogP) is 5.51. The Bertz CT molecular complexity index is 950. The van der Waals surface area contributed by atoms with Crippen LogP contribution in [0.4, 0.5) is 5.13 Å². The molecular formula is C18H13Cl2N3OS. The van der Waals surface area contributed by atoms with Gasteiger partial charge < -0.3 is 4.74 Å². The van der Waals surface area contributed by atoms with Crippen molar-refractivity contribution in [2.75, 3.05) is 11.4 Å². The Kier molecular flexibility index (Phi) is 4.61. The minimum absolute atomic E-state index is 0.352. The minimum atomic E-state index is 0.352. The van der Waals surface area contributed by atoms with E-state index in [2.05, 4.69) is 16.0 Å². The first kappa shape index (κ1) is 16.4. The number of ether oxygens (including phenoxy) is 1. The molecule has 0 aliphatic carbocycles. The molecular weight excluding hydrogens is 377 g/mol. The molecule has 0 atom stereocenters. The molecule has 2 aromatic carbocycles. The number of thiazole rings is 1. The van der Waals surface area contributed by atoms with Gasteiger partial charge in [-0.1, -0.05) is 52.7 Å². The van der Waals surface area contributed by atoms with E-state index >= 15 is 0 Å². The molecule has 0 bridgehead atoms. The minimum Gasteiger partial charge on any atom is -0.460 e. The standard InChI is InChI=1S/C18H13Cl2N3OS/c19-13-7-6-12(10-14(13)20)11-24-17-21-8-3-9-23(17)18-22-15-4-1-2-5-16(15)25-18/h1-8,10H,9,11H2. The highest BCUT2D eigenvalue weighted by Crippen LogP contribution is 2.30. The normalized spacial score (nSPS) is 14.0. The summed E-state index contributed by atoms with van der Waals surface area (Å²) in [4.78, 5) is 11.0. The average Bonchev–Trinajstić information content (AvgIpc) is 3.07. The van der Waals surface area contributed by atoms with Gasteiger partial charge in [-0.2, -0.15) is 0 Å². The molecule has 0 N–H and O–H groups in total. The molecule has 0 saturated heterocycles. The first-order valence-electron chi connectivity index (χ1n) is 7.63. The molecule has 1 aromatic heterocycles. The van der Waals surface area contributed by atoms with Gasteiger partial charge >= 0.3 is 0 Å². The Morgan fingerprint density at radius 1 is 1.12 bits per heavy atom. The molecule has 0 fully saturated rings. The lowest BCUT2D eigenvalue weighted by Gasteiger charge is -2.23. The molecule has 0 saturated carbocycles. The number of anilines is 1. The summed E-state index contributed by atoms with van der Waals surface area (Å²) in [6.07, 6.45) is 3.71. The fraction of sp³-hybridized carbons (Fsp3) is 0.111. The number of halogens is 2. The highest BCUT2D eigenvalue weighted by atomic mass is 35.5. The number of rotatable bonds is 3. The molecule has 7 heteroatoms. The van der Waals surface area contributed by atoms with Crippen LogP contribution in [0, 0.1) is 0 Å². The quantitative estimate of drug-likeness (QED) is 0.592. The Labute approximate surface area is 159 Å². The van der Waals surface area contributed by atoms with Crippen LogP contribution in [0.1, 0.15) is 5.56 Å². The third-order valence-electron chi connectivity index (χ3n) is 3.67. The lowest BCUT2D eigenvalue weighted by Crippen LogP contribution is -2.34. The van der Waals surface area contributed by atoms with E-state index in [0.29, 0.717) is 29.2 Å². The maximum absolute atomic E-state index is 6.06. The largest absolute Gasteiger partial charge is 0.460 e. The summed E-state index contributed by atoms with van der Waals surface area (Å²) in [6, 6.07) is 14.0. The number of hydrogen-bond acceptors (Lipinski definition) is 5. The maximum atomic E-state index is 6.06. The van der Waals surface area contributed by atoms with E-state index in [9.17, 15) is 0 Å². The summed E-state index contributed by atoms with van der Waals surface area (Å²) >= 11 is 13.6. The summed E-state index contributed by atoms with van der Waals surface area (Å²) in [5.74, 6) is 0. The van der Waals surface area contributed by atoms with E-state index in [1.165, 1.54) is 0 Å². The summed E-state index contributed by atoms with van der Waals surface area (Å²) in [5.41, 5.74) is 1.90. The van der Waals surface area contributed by atoms with Crippen LogP contribution in [-0.2, 0) is 11.3 Å². The predicted molar refractivity (Wildman–Crippen MR) is 105 cm³/mol.